The zero-order valence-electron chi connectivity index (χ0n) is 7.54. The highest BCUT2D eigenvalue weighted by Gasteiger charge is 2.08. The van der Waals surface area contributed by atoms with Crippen LogP contribution in [0.1, 0.15) is 0 Å². The number of nitrogens with zero attached hydrogens (tertiary/aromatic N) is 2. The summed E-state index contributed by atoms with van der Waals surface area (Å²) in [5, 5.41) is 4.01. The molecule has 0 N–H and O–H groups in total. The molecule has 0 unspecified atom stereocenters. The van der Waals surface area contributed by atoms with E-state index >= 15 is 0 Å². The second-order valence-electron chi connectivity index (χ2n) is 3.00. The fraction of sp³-hybridized carbons (Fsp3) is 0.100. The van der Waals surface area contributed by atoms with Crippen molar-refractivity contribution in [2.45, 2.75) is 0 Å². The van der Waals surface area contributed by atoms with Crippen LogP contribution in [0.5, 0.6) is 0 Å². The van der Waals surface area contributed by atoms with Crippen molar-refractivity contribution < 1.29 is 4.39 Å². The summed E-state index contributed by atoms with van der Waals surface area (Å²) in [4.78, 5) is 0. The lowest BCUT2D eigenvalue weighted by molar-refractivity contribution is 0.624. The maximum Gasteiger partial charge on any atom is 0.144 e. The van der Waals surface area contributed by atoms with Gasteiger partial charge in [-0.05, 0) is 28.7 Å². The van der Waals surface area contributed by atoms with E-state index in [9.17, 15) is 4.39 Å². The maximum atomic E-state index is 13.7. The van der Waals surface area contributed by atoms with Crippen LogP contribution in [-0.4, -0.2) is 9.78 Å². The standard InChI is InChI=1S/C10H8FIN2/c1-14-6-7(5-13-14)8-3-2-4-9(12)10(8)11/h2-6H,1H3. The predicted octanol–water partition coefficient (Wildman–Crippen LogP) is 2.83. The van der Waals surface area contributed by atoms with E-state index in [1.165, 1.54) is 0 Å². The molecule has 2 aromatic rings. The molecular formula is C10H8FIN2. The average Bonchev–Trinajstić information content (AvgIpc) is 2.57. The van der Waals surface area contributed by atoms with Gasteiger partial charge >= 0.3 is 0 Å². The fourth-order valence-corrected chi connectivity index (χ4v) is 1.79. The summed E-state index contributed by atoms with van der Waals surface area (Å²) in [6.45, 7) is 0. The Balaban J connectivity index is 2.57. The molecule has 2 nitrogen and oxygen atoms in total. The molecule has 0 aliphatic rings. The van der Waals surface area contributed by atoms with Crippen molar-refractivity contribution in [2.75, 3.05) is 0 Å². The Morgan fingerprint density at radius 2 is 2.21 bits per heavy atom. The van der Waals surface area contributed by atoms with Gasteiger partial charge in [0.1, 0.15) is 5.82 Å². The first-order valence-corrected chi connectivity index (χ1v) is 5.19. The Kier molecular flexibility index (Phi) is 2.54. The molecule has 1 aromatic carbocycles. The molecule has 0 saturated heterocycles. The number of benzene rings is 1. The number of hydrogen-bond donors (Lipinski definition) is 0. The van der Waals surface area contributed by atoms with Crippen LogP contribution in [-0.2, 0) is 7.05 Å². The van der Waals surface area contributed by atoms with Crippen LogP contribution in [0.15, 0.2) is 30.6 Å². The zero-order chi connectivity index (χ0) is 10.1. The number of rotatable bonds is 1. The Bertz CT molecular complexity index is 465. The molecule has 0 saturated carbocycles. The maximum absolute atomic E-state index is 13.7. The van der Waals surface area contributed by atoms with Crippen LogP contribution in [0.4, 0.5) is 4.39 Å². The molecule has 1 aromatic heterocycles. The van der Waals surface area contributed by atoms with E-state index in [4.69, 9.17) is 0 Å². The minimum absolute atomic E-state index is 0.180. The van der Waals surface area contributed by atoms with Crippen LogP contribution < -0.4 is 0 Å². The fourth-order valence-electron chi connectivity index (χ4n) is 1.29. The lowest BCUT2D eigenvalue weighted by Gasteiger charge is -2.00. The van der Waals surface area contributed by atoms with Crippen molar-refractivity contribution in [2.24, 2.45) is 7.05 Å². The zero-order valence-corrected chi connectivity index (χ0v) is 9.69. The van der Waals surface area contributed by atoms with Gasteiger partial charge in [0.15, 0.2) is 0 Å². The molecule has 0 bridgehead atoms. The van der Waals surface area contributed by atoms with Crippen molar-refractivity contribution in [1.82, 2.24) is 9.78 Å². The van der Waals surface area contributed by atoms with Gasteiger partial charge in [0.2, 0.25) is 0 Å². The third-order valence-electron chi connectivity index (χ3n) is 1.97. The molecule has 0 spiro atoms. The molecule has 0 radical (unpaired) electrons. The van der Waals surface area contributed by atoms with E-state index in [-0.39, 0.29) is 5.82 Å². The first-order chi connectivity index (χ1) is 6.68. The van der Waals surface area contributed by atoms with Gasteiger partial charge in [0.05, 0.1) is 6.20 Å². The summed E-state index contributed by atoms with van der Waals surface area (Å²) < 4.78 is 15.9. The van der Waals surface area contributed by atoms with Crippen molar-refractivity contribution in [3.05, 3.63) is 40.0 Å². The third-order valence-corrected chi connectivity index (χ3v) is 2.80. The molecule has 4 heteroatoms. The molecule has 1 heterocycles. The molecule has 72 valence electrons. The number of aromatic nitrogens is 2. The first kappa shape index (κ1) is 9.64. The molecular weight excluding hydrogens is 294 g/mol. The quantitative estimate of drug-likeness (QED) is 0.741. The molecule has 0 amide bonds. The predicted molar refractivity (Wildman–Crippen MR) is 61.3 cm³/mol. The van der Waals surface area contributed by atoms with Crippen molar-refractivity contribution in [3.8, 4) is 11.1 Å². The van der Waals surface area contributed by atoms with Crippen LogP contribution in [0.3, 0.4) is 0 Å². The van der Waals surface area contributed by atoms with Crippen LogP contribution in [0.2, 0.25) is 0 Å². The van der Waals surface area contributed by atoms with Gasteiger partial charge in [-0.25, -0.2) is 4.39 Å². The van der Waals surface area contributed by atoms with E-state index < -0.39 is 0 Å². The Hall–Kier alpha value is -0.910. The molecule has 0 fully saturated rings. The Morgan fingerprint density at radius 3 is 2.86 bits per heavy atom. The summed E-state index contributed by atoms with van der Waals surface area (Å²) in [7, 11) is 1.81. The van der Waals surface area contributed by atoms with Crippen molar-refractivity contribution >= 4 is 22.6 Å². The number of aryl methyl sites for hydroxylation is 1. The highest BCUT2D eigenvalue weighted by Crippen LogP contribution is 2.24. The molecule has 0 atom stereocenters. The highest BCUT2D eigenvalue weighted by molar-refractivity contribution is 14.1. The smallest absolute Gasteiger partial charge is 0.144 e. The third kappa shape index (κ3) is 1.66. The first-order valence-electron chi connectivity index (χ1n) is 4.11. The normalized spacial score (nSPS) is 10.5. The van der Waals surface area contributed by atoms with E-state index in [0.29, 0.717) is 9.13 Å². The van der Waals surface area contributed by atoms with Gasteiger partial charge < -0.3 is 0 Å². The van der Waals surface area contributed by atoms with E-state index in [1.807, 2.05) is 35.7 Å². The largest absolute Gasteiger partial charge is 0.275 e. The number of halogens is 2. The second-order valence-corrected chi connectivity index (χ2v) is 4.17. The van der Waals surface area contributed by atoms with Crippen molar-refractivity contribution in [3.63, 3.8) is 0 Å². The Labute approximate surface area is 94.9 Å². The minimum atomic E-state index is -0.180. The minimum Gasteiger partial charge on any atom is -0.275 e. The number of hydrogen-bond acceptors (Lipinski definition) is 1. The summed E-state index contributed by atoms with van der Waals surface area (Å²) >= 11 is 1.98. The van der Waals surface area contributed by atoms with Crippen LogP contribution >= 0.6 is 22.6 Å². The van der Waals surface area contributed by atoms with Gasteiger partial charge in [0.25, 0.3) is 0 Å². The highest BCUT2D eigenvalue weighted by atomic mass is 127. The van der Waals surface area contributed by atoms with E-state index in [2.05, 4.69) is 5.10 Å². The summed E-state index contributed by atoms with van der Waals surface area (Å²) in [5.41, 5.74) is 1.41. The lowest BCUT2D eigenvalue weighted by Crippen LogP contribution is -1.87. The molecule has 0 aliphatic carbocycles. The van der Waals surface area contributed by atoms with E-state index in [0.717, 1.165) is 5.56 Å². The van der Waals surface area contributed by atoms with Gasteiger partial charge in [-0.15, -0.1) is 0 Å². The van der Waals surface area contributed by atoms with Crippen LogP contribution in [0.25, 0.3) is 11.1 Å². The molecule has 2 rings (SSSR count). The topological polar surface area (TPSA) is 17.8 Å². The van der Waals surface area contributed by atoms with Gasteiger partial charge in [-0.3, -0.25) is 4.68 Å². The summed E-state index contributed by atoms with van der Waals surface area (Å²) in [6, 6.07) is 5.34. The second kappa shape index (κ2) is 3.68. The molecule has 14 heavy (non-hydrogen) atoms. The summed E-state index contributed by atoms with van der Waals surface area (Å²) in [6.07, 6.45) is 3.46. The van der Waals surface area contributed by atoms with E-state index in [1.54, 1.807) is 29.2 Å². The van der Waals surface area contributed by atoms with Gasteiger partial charge in [-0.2, -0.15) is 5.10 Å². The van der Waals surface area contributed by atoms with Crippen LogP contribution in [0, 0.1) is 9.39 Å². The summed E-state index contributed by atoms with van der Waals surface area (Å²) in [5.74, 6) is -0.180. The van der Waals surface area contributed by atoms with Crippen molar-refractivity contribution in [1.29, 1.82) is 0 Å². The van der Waals surface area contributed by atoms with Gasteiger partial charge in [-0.1, -0.05) is 12.1 Å². The SMILES string of the molecule is Cn1cc(-c2cccc(I)c2F)cn1. The lowest BCUT2D eigenvalue weighted by atomic mass is 10.1. The average molecular weight is 302 g/mol. The Morgan fingerprint density at radius 1 is 1.43 bits per heavy atom. The monoisotopic (exact) mass is 302 g/mol. The van der Waals surface area contributed by atoms with Gasteiger partial charge in [0, 0.05) is 27.9 Å². The molecule has 0 aliphatic heterocycles.